The van der Waals surface area contributed by atoms with Crippen LogP contribution >= 0.6 is 11.8 Å². The van der Waals surface area contributed by atoms with E-state index in [4.69, 9.17) is 4.42 Å². The third-order valence-electron chi connectivity index (χ3n) is 3.90. The van der Waals surface area contributed by atoms with Crippen LogP contribution < -0.4 is 5.63 Å². The summed E-state index contributed by atoms with van der Waals surface area (Å²) in [6.07, 6.45) is 3.04. The van der Waals surface area contributed by atoms with Crippen molar-refractivity contribution >= 4 is 11.8 Å². The largest absolute Gasteiger partial charge is 0.506 e. The molecule has 0 saturated heterocycles. The zero-order chi connectivity index (χ0) is 17.5. The number of unbranched alkanes of at least 4 members (excludes halogenated alkanes) is 1. The first kappa shape index (κ1) is 17.4. The third-order valence-corrected chi connectivity index (χ3v) is 5.05. The Labute approximate surface area is 151 Å². The quantitative estimate of drug-likeness (QED) is 0.473. The van der Waals surface area contributed by atoms with Crippen molar-refractivity contribution in [1.29, 1.82) is 0 Å². The highest BCUT2D eigenvalue weighted by molar-refractivity contribution is 7.99. The van der Waals surface area contributed by atoms with Gasteiger partial charge in [0.2, 0.25) is 0 Å². The van der Waals surface area contributed by atoms with Crippen molar-refractivity contribution in [3.63, 3.8) is 0 Å². The van der Waals surface area contributed by atoms with Crippen molar-refractivity contribution in [2.45, 2.75) is 24.2 Å². The molecule has 0 aliphatic heterocycles. The van der Waals surface area contributed by atoms with Crippen LogP contribution in [0.15, 0.2) is 80.8 Å². The lowest BCUT2D eigenvalue weighted by Gasteiger charge is -2.06. The van der Waals surface area contributed by atoms with Crippen LogP contribution in [0.1, 0.15) is 18.4 Å². The van der Waals surface area contributed by atoms with Crippen LogP contribution in [-0.4, -0.2) is 10.9 Å². The molecule has 0 aliphatic carbocycles. The maximum atomic E-state index is 12.2. The van der Waals surface area contributed by atoms with E-state index < -0.39 is 5.63 Å². The van der Waals surface area contributed by atoms with Gasteiger partial charge in [-0.2, -0.15) is 0 Å². The van der Waals surface area contributed by atoms with Crippen molar-refractivity contribution < 1.29 is 9.52 Å². The average molecular weight is 352 g/mol. The van der Waals surface area contributed by atoms with Crippen LogP contribution in [0.25, 0.3) is 11.3 Å². The molecule has 0 radical (unpaired) electrons. The normalized spacial score (nSPS) is 10.7. The minimum atomic E-state index is -0.480. The van der Waals surface area contributed by atoms with Crippen LogP contribution in [0.5, 0.6) is 5.75 Å². The Morgan fingerprint density at radius 2 is 1.60 bits per heavy atom. The topological polar surface area (TPSA) is 50.4 Å². The van der Waals surface area contributed by atoms with E-state index in [1.54, 1.807) is 0 Å². The van der Waals surface area contributed by atoms with Crippen LogP contribution in [0.4, 0.5) is 0 Å². The maximum absolute atomic E-state index is 12.2. The first-order chi connectivity index (χ1) is 12.2. The van der Waals surface area contributed by atoms with Gasteiger partial charge in [-0.3, -0.25) is 0 Å². The molecule has 3 nitrogen and oxygen atoms in total. The molecule has 128 valence electrons. The van der Waals surface area contributed by atoms with Gasteiger partial charge in [0.15, 0.2) is 0 Å². The molecule has 0 saturated carbocycles. The second-order valence-electron chi connectivity index (χ2n) is 5.77. The van der Waals surface area contributed by atoms with Gasteiger partial charge in [-0.25, -0.2) is 4.79 Å². The molecular weight excluding hydrogens is 332 g/mol. The van der Waals surface area contributed by atoms with E-state index in [-0.39, 0.29) is 5.75 Å². The molecule has 2 aromatic carbocycles. The van der Waals surface area contributed by atoms with Crippen molar-refractivity contribution in [1.82, 2.24) is 0 Å². The minimum Gasteiger partial charge on any atom is -0.506 e. The SMILES string of the molecule is O=c1oc(-c2ccccc2)cc(O)c1SCCCCc1ccccc1. The second-order valence-corrected chi connectivity index (χ2v) is 6.87. The van der Waals surface area contributed by atoms with E-state index in [9.17, 15) is 9.90 Å². The number of hydrogen-bond donors (Lipinski definition) is 1. The van der Waals surface area contributed by atoms with E-state index >= 15 is 0 Å². The van der Waals surface area contributed by atoms with Gasteiger partial charge in [-0.1, -0.05) is 60.7 Å². The summed E-state index contributed by atoms with van der Waals surface area (Å²) in [5.41, 5.74) is 1.61. The Balaban J connectivity index is 1.57. The monoisotopic (exact) mass is 352 g/mol. The number of thioether (sulfide) groups is 1. The number of benzene rings is 2. The Morgan fingerprint density at radius 1 is 0.920 bits per heavy atom. The van der Waals surface area contributed by atoms with Crippen LogP contribution in [0.3, 0.4) is 0 Å². The van der Waals surface area contributed by atoms with Gasteiger partial charge in [0.25, 0.3) is 0 Å². The van der Waals surface area contributed by atoms with Gasteiger partial charge in [-0.05, 0) is 30.6 Å². The van der Waals surface area contributed by atoms with Crippen LogP contribution in [0, 0.1) is 0 Å². The van der Waals surface area contributed by atoms with Crippen molar-refractivity contribution in [3.8, 4) is 17.1 Å². The fourth-order valence-electron chi connectivity index (χ4n) is 2.60. The molecule has 0 spiro atoms. The van der Waals surface area contributed by atoms with E-state index in [2.05, 4.69) is 12.1 Å². The van der Waals surface area contributed by atoms with E-state index in [0.29, 0.717) is 10.7 Å². The molecular formula is C21H20O3S. The van der Waals surface area contributed by atoms with Gasteiger partial charge < -0.3 is 9.52 Å². The molecule has 4 heteroatoms. The lowest BCUT2D eigenvalue weighted by Crippen LogP contribution is -2.03. The lowest BCUT2D eigenvalue weighted by molar-refractivity contribution is 0.430. The van der Waals surface area contributed by atoms with Crippen molar-refractivity contribution in [2.75, 3.05) is 5.75 Å². The molecule has 0 bridgehead atoms. The summed E-state index contributed by atoms with van der Waals surface area (Å²) < 4.78 is 5.37. The highest BCUT2D eigenvalue weighted by Crippen LogP contribution is 2.30. The third kappa shape index (κ3) is 4.77. The Hall–Kier alpha value is -2.46. The summed E-state index contributed by atoms with van der Waals surface area (Å²) in [5, 5.41) is 10.2. The number of aromatic hydroxyl groups is 1. The van der Waals surface area contributed by atoms with E-state index in [1.807, 2.05) is 48.5 Å². The molecule has 0 fully saturated rings. The van der Waals surface area contributed by atoms with Crippen molar-refractivity contribution in [3.05, 3.63) is 82.7 Å². The highest BCUT2D eigenvalue weighted by Gasteiger charge is 2.12. The van der Waals surface area contributed by atoms with Crippen LogP contribution in [0.2, 0.25) is 0 Å². The Bertz CT molecular complexity index is 857. The fraction of sp³-hybridized carbons (Fsp3) is 0.190. The van der Waals surface area contributed by atoms with Gasteiger partial charge in [0.1, 0.15) is 16.4 Å². The summed E-state index contributed by atoms with van der Waals surface area (Å²) in [5.74, 6) is 1.15. The molecule has 25 heavy (non-hydrogen) atoms. The Kier molecular flexibility index (Phi) is 5.96. The zero-order valence-corrected chi connectivity index (χ0v) is 14.7. The zero-order valence-electron chi connectivity index (χ0n) is 13.9. The van der Waals surface area contributed by atoms with Crippen molar-refractivity contribution in [2.24, 2.45) is 0 Å². The van der Waals surface area contributed by atoms with E-state index in [0.717, 1.165) is 30.6 Å². The van der Waals surface area contributed by atoms with Gasteiger partial charge in [-0.15, -0.1) is 11.8 Å². The summed E-state index contributed by atoms with van der Waals surface area (Å²) in [7, 11) is 0. The van der Waals surface area contributed by atoms with E-state index in [1.165, 1.54) is 23.4 Å². The molecule has 0 amide bonds. The molecule has 0 atom stereocenters. The molecule has 1 heterocycles. The summed E-state index contributed by atoms with van der Waals surface area (Å²) >= 11 is 1.36. The molecule has 0 unspecified atom stereocenters. The Morgan fingerprint density at radius 3 is 2.28 bits per heavy atom. The maximum Gasteiger partial charge on any atom is 0.353 e. The number of hydrogen-bond acceptors (Lipinski definition) is 4. The standard InChI is InChI=1S/C21H20O3S/c22-18-15-19(17-12-5-2-6-13-17)24-21(23)20(18)25-14-8-7-11-16-9-3-1-4-10-16/h1-6,9-10,12-13,15,22H,7-8,11,14H2. The first-order valence-corrected chi connectivity index (χ1v) is 9.32. The second kappa shape index (κ2) is 8.58. The summed E-state index contributed by atoms with van der Waals surface area (Å²) in [4.78, 5) is 12.5. The molecule has 3 rings (SSSR count). The number of aryl methyl sites for hydroxylation is 1. The molecule has 3 aromatic rings. The fourth-order valence-corrected chi connectivity index (χ4v) is 3.52. The first-order valence-electron chi connectivity index (χ1n) is 8.33. The van der Waals surface area contributed by atoms with Crippen LogP contribution in [-0.2, 0) is 6.42 Å². The lowest BCUT2D eigenvalue weighted by atomic mass is 10.1. The number of rotatable bonds is 7. The smallest absolute Gasteiger partial charge is 0.353 e. The predicted molar refractivity (Wildman–Crippen MR) is 102 cm³/mol. The summed E-state index contributed by atoms with van der Waals surface area (Å²) in [6.45, 7) is 0. The average Bonchev–Trinajstić information content (AvgIpc) is 2.65. The predicted octanol–water partition coefficient (Wildman–Crippen LogP) is 5.13. The van der Waals surface area contributed by atoms with Gasteiger partial charge in [0.05, 0.1) is 0 Å². The molecule has 1 N–H and O–H groups in total. The summed E-state index contributed by atoms with van der Waals surface area (Å²) in [6, 6.07) is 21.2. The van der Waals surface area contributed by atoms with Gasteiger partial charge >= 0.3 is 5.63 Å². The molecule has 1 aromatic heterocycles. The van der Waals surface area contributed by atoms with Gasteiger partial charge in [0, 0.05) is 11.6 Å². The molecule has 0 aliphatic rings. The highest BCUT2D eigenvalue weighted by atomic mass is 32.2. The minimum absolute atomic E-state index is 0.0110.